The van der Waals surface area contributed by atoms with Gasteiger partial charge in [0, 0.05) is 12.2 Å². The maximum atomic E-state index is 11.8. The van der Waals surface area contributed by atoms with Crippen LogP contribution in [0.5, 0.6) is 0 Å². The predicted molar refractivity (Wildman–Crippen MR) is 69.3 cm³/mol. The van der Waals surface area contributed by atoms with Gasteiger partial charge in [0.25, 0.3) is 0 Å². The Bertz CT molecular complexity index is 358. The molecule has 1 N–H and O–H groups in total. The molecule has 17 heavy (non-hydrogen) atoms. The third-order valence-electron chi connectivity index (χ3n) is 2.76. The predicted octanol–water partition coefficient (Wildman–Crippen LogP) is 3.03. The average Bonchev–Trinajstić information content (AvgIpc) is 2.62. The van der Waals surface area contributed by atoms with Crippen molar-refractivity contribution in [3.05, 3.63) is 17.5 Å². The molecule has 0 bridgehead atoms. The van der Waals surface area contributed by atoms with Gasteiger partial charge < -0.3 is 5.32 Å². The summed E-state index contributed by atoms with van der Waals surface area (Å²) in [6, 6.07) is 1.78. The van der Waals surface area contributed by atoms with Crippen molar-refractivity contribution in [3.8, 4) is 0 Å². The summed E-state index contributed by atoms with van der Waals surface area (Å²) in [7, 11) is 0. The second kappa shape index (κ2) is 7.09. The molecule has 1 aromatic heterocycles. The van der Waals surface area contributed by atoms with Crippen molar-refractivity contribution in [2.45, 2.75) is 52.9 Å². The highest BCUT2D eigenvalue weighted by molar-refractivity contribution is 5.76. The second-order valence-corrected chi connectivity index (χ2v) is 4.49. The van der Waals surface area contributed by atoms with E-state index in [1.54, 1.807) is 0 Å². The van der Waals surface area contributed by atoms with Crippen LogP contribution < -0.4 is 5.32 Å². The molecule has 0 saturated carbocycles. The largest absolute Gasteiger partial charge is 0.342 e. The molecule has 0 aliphatic carbocycles. The zero-order valence-electron chi connectivity index (χ0n) is 11.1. The maximum absolute atomic E-state index is 11.8. The molecule has 1 heterocycles. The first-order valence-corrected chi connectivity index (χ1v) is 6.46. The number of aromatic nitrogens is 2. The fourth-order valence-corrected chi connectivity index (χ4v) is 1.83. The standard InChI is InChI=1S/C13H23N3O/c1-4-5-6-7-8-9-14-13(17)16-12(3)10-11(2)15-16/h10H,4-9H2,1-3H3,(H,14,17). The molecule has 0 radical (unpaired) electrons. The van der Waals surface area contributed by atoms with Gasteiger partial charge in [0.05, 0.1) is 5.69 Å². The molecule has 4 heteroatoms. The van der Waals surface area contributed by atoms with Crippen molar-refractivity contribution < 1.29 is 4.79 Å². The Morgan fingerprint density at radius 3 is 2.59 bits per heavy atom. The molecule has 0 atom stereocenters. The molecule has 0 spiro atoms. The molecular formula is C13H23N3O. The molecule has 0 aliphatic heterocycles. The monoisotopic (exact) mass is 237 g/mol. The summed E-state index contributed by atoms with van der Waals surface area (Å²) < 4.78 is 1.43. The number of carbonyl (C=O) groups is 1. The lowest BCUT2D eigenvalue weighted by Crippen LogP contribution is -2.30. The van der Waals surface area contributed by atoms with Crippen LogP contribution in [-0.4, -0.2) is 22.4 Å². The van der Waals surface area contributed by atoms with E-state index in [0.29, 0.717) is 0 Å². The van der Waals surface area contributed by atoms with Crippen LogP contribution >= 0.6 is 0 Å². The number of amides is 1. The second-order valence-electron chi connectivity index (χ2n) is 4.49. The number of unbranched alkanes of at least 4 members (excludes halogenated alkanes) is 4. The summed E-state index contributed by atoms with van der Waals surface area (Å²) >= 11 is 0. The highest BCUT2D eigenvalue weighted by Crippen LogP contribution is 2.02. The number of rotatable bonds is 6. The molecule has 0 aliphatic rings. The number of nitrogens with one attached hydrogen (secondary N) is 1. The first-order chi connectivity index (χ1) is 8.15. The van der Waals surface area contributed by atoms with Gasteiger partial charge >= 0.3 is 6.03 Å². The van der Waals surface area contributed by atoms with Crippen LogP contribution in [0, 0.1) is 13.8 Å². The fourth-order valence-electron chi connectivity index (χ4n) is 1.83. The van der Waals surface area contributed by atoms with E-state index in [0.717, 1.165) is 24.4 Å². The SMILES string of the molecule is CCCCCCCNC(=O)n1nc(C)cc1C. The van der Waals surface area contributed by atoms with E-state index >= 15 is 0 Å². The summed E-state index contributed by atoms with van der Waals surface area (Å²) in [6.07, 6.45) is 6.02. The van der Waals surface area contributed by atoms with Gasteiger partial charge in [0.15, 0.2) is 0 Å². The summed E-state index contributed by atoms with van der Waals surface area (Å²) in [5.41, 5.74) is 1.76. The van der Waals surface area contributed by atoms with Crippen molar-refractivity contribution in [2.24, 2.45) is 0 Å². The smallest absolute Gasteiger partial charge is 0.336 e. The number of aryl methyl sites for hydroxylation is 2. The van der Waals surface area contributed by atoms with E-state index in [2.05, 4.69) is 17.3 Å². The van der Waals surface area contributed by atoms with E-state index in [4.69, 9.17) is 0 Å². The Labute approximate surface area is 103 Å². The van der Waals surface area contributed by atoms with Crippen LogP contribution in [0.25, 0.3) is 0 Å². The van der Waals surface area contributed by atoms with Gasteiger partial charge in [-0.2, -0.15) is 9.78 Å². The average molecular weight is 237 g/mol. The summed E-state index contributed by atoms with van der Waals surface area (Å²) in [5, 5.41) is 7.03. The normalized spacial score (nSPS) is 10.5. The number of hydrogen-bond donors (Lipinski definition) is 1. The maximum Gasteiger partial charge on any atom is 0.342 e. The Morgan fingerprint density at radius 2 is 2.00 bits per heavy atom. The van der Waals surface area contributed by atoms with Crippen LogP contribution in [-0.2, 0) is 0 Å². The minimum absolute atomic E-state index is 0.119. The molecule has 96 valence electrons. The lowest BCUT2D eigenvalue weighted by Gasteiger charge is -2.06. The lowest BCUT2D eigenvalue weighted by molar-refractivity contribution is 0.238. The van der Waals surface area contributed by atoms with Crippen molar-refractivity contribution in [3.63, 3.8) is 0 Å². The topological polar surface area (TPSA) is 46.9 Å². The highest BCUT2D eigenvalue weighted by Gasteiger charge is 2.08. The summed E-state index contributed by atoms with van der Waals surface area (Å²) in [5.74, 6) is 0. The third kappa shape index (κ3) is 4.59. The van der Waals surface area contributed by atoms with Gasteiger partial charge in [-0.05, 0) is 26.3 Å². The van der Waals surface area contributed by atoms with Gasteiger partial charge in [0.2, 0.25) is 0 Å². The molecule has 1 aromatic rings. The molecule has 0 unspecified atom stereocenters. The first kappa shape index (κ1) is 13.7. The van der Waals surface area contributed by atoms with E-state index in [1.807, 2.05) is 19.9 Å². The highest BCUT2D eigenvalue weighted by atomic mass is 16.2. The van der Waals surface area contributed by atoms with E-state index < -0.39 is 0 Å². The van der Waals surface area contributed by atoms with Crippen LogP contribution in [0.1, 0.15) is 50.4 Å². The number of hydrogen-bond acceptors (Lipinski definition) is 2. The fraction of sp³-hybridized carbons (Fsp3) is 0.692. The van der Waals surface area contributed by atoms with Gasteiger partial charge in [-0.1, -0.05) is 32.6 Å². The Hall–Kier alpha value is -1.32. The van der Waals surface area contributed by atoms with Gasteiger partial charge in [-0.25, -0.2) is 4.79 Å². The molecular weight excluding hydrogens is 214 g/mol. The van der Waals surface area contributed by atoms with Gasteiger partial charge in [-0.3, -0.25) is 0 Å². The van der Waals surface area contributed by atoms with Crippen LogP contribution in [0.4, 0.5) is 4.79 Å². The van der Waals surface area contributed by atoms with Crippen molar-refractivity contribution in [1.29, 1.82) is 0 Å². The van der Waals surface area contributed by atoms with Crippen molar-refractivity contribution in [1.82, 2.24) is 15.1 Å². The zero-order valence-corrected chi connectivity index (χ0v) is 11.1. The van der Waals surface area contributed by atoms with Gasteiger partial charge in [0.1, 0.15) is 0 Å². The first-order valence-electron chi connectivity index (χ1n) is 6.46. The molecule has 0 aromatic carbocycles. The van der Waals surface area contributed by atoms with Gasteiger partial charge in [-0.15, -0.1) is 0 Å². The Kier molecular flexibility index (Phi) is 5.73. The quantitative estimate of drug-likeness (QED) is 0.773. The third-order valence-corrected chi connectivity index (χ3v) is 2.76. The summed E-state index contributed by atoms with van der Waals surface area (Å²) in [6.45, 7) is 6.72. The molecule has 1 amide bonds. The van der Waals surface area contributed by atoms with Crippen LogP contribution in [0.15, 0.2) is 6.07 Å². The van der Waals surface area contributed by atoms with Crippen molar-refractivity contribution >= 4 is 6.03 Å². The Balaban J connectivity index is 2.23. The van der Waals surface area contributed by atoms with E-state index in [-0.39, 0.29) is 6.03 Å². The molecule has 0 fully saturated rings. The van der Waals surface area contributed by atoms with Crippen LogP contribution in [0.3, 0.4) is 0 Å². The molecule has 0 saturated heterocycles. The lowest BCUT2D eigenvalue weighted by atomic mass is 10.1. The van der Waals surface area contributed by atoms with E-state index in [1.165, 1.54) is 30.4 Å². The Morgan fingerprint density at radius 1 is 1.29 bits per heavy atom. The van der Waals surface area contributed by atoms with Crippen LogP contribution in [0.2, 0.25) is 0 Å². The van der Waals surface area contributed by atoms with E-state index in [9.17, 15) is 4.79 Å². The number of nitrogens with zero attached hydrogens (tertiary/aromatic N) is 2. The minimum atomic E-state index is -0.119. The zero-order chi connectivity index (χ0) is 12.7. The van der Waals surface area contributed by atoms with Crippen molar-refractivity contribution in [2.75, 3.05) is 6.54 Å². The molecule has 1 rings (SSSR count). The number of carbonyl (C=O) groups excluding carboxylic acids is 1. The summed E-state index contributed by atoms with van der Waals surface area (Å²) in [4.78, 5) is 11.8. The minimum Gasteiger partial charge on any atom is -0.336 e. The molecule has 4 nitrogen and oxygen atoms in total.